The zero-order chi connectivity index (χ0) is 22.4. The summed E-state index contributed by atoms with van der Waals surface area (Å²) in [6.45, 7) is 5.83. The van der Waals surface area contributed by atoms with Gasteiger partial charge in [-0.25, -0.2) is 4.79 Å². The third kappa shape index (κ3) is 6.44. The molecule has 7 nitrogen and oxygen atoms in total. The quantitative estimate of drug-likeness (QED) is 0.256. The van der Waals surface area contributed by atoms with E-state index in [1.165, 1.54) is 0 Å². The van der Waals surface area contributed by atoms with Crippen molar-refractivity contribution in [1.82, 2.24) is 0 Å². The number of hydrogen-bond donors (Lipinski definition) is 4. The molecule has 0 spiro atoms. The molecule has 7 atom stereocenters. The summed E-state index contributed by atoms with van der Waals surface area (Å²) in [6.07, 6.45) is 6.45. The summed E-state index contributed by atoms with van der Waals surface area (Å²) in [7, 11) is 0. The SMILES string of the molecule is CCC(C)C(=O)O[C@H]1C[C@H](O)C=C2C=C[C@H](C)[C@H](CC[C@@H](O)CC(O)=CC(=O)O)[C@H]21. The molecule has 2 aliphatic carbocycles. The van der Waals surface area contributed by atoms with Crippen LogP contribution in [0.2, 0.25) is 0 Å². The molecule has 0 saturated carbocycles. The highest BCUT2D eigenvalue weighted by atomic mass is 16.5. The van der Waals surface area contributed by atoms with Gasteiger partial charge in [0.25, 0.3) is 0 Å². The minimum absolute atomic E-state index is 0.0724. The van der Waals surface area contributed by atoms with Gasteiger partial charge in [-0.3, -0.25) is 4.79 Å². The number of hydrogen-bond acceptors (Lipinski definition) is 6. The van der Waals surface area contributed by atoms with Crippen LogP contribution in [0.15, 0.2) is 35.6 Å². The Hall–Kier alpha value is -2.12. The van der Waals surface area contributed by atoms with E-state index >= 15 is 0 Å². The van der Waals surface area contributed by atoms with Gasteiger partial charge in [-0.05, 0) is 36.7 Å². The first-order valence-electron chi connectivity index (χ1n) is 10.7. The number of aliphatic hydroxyl groups is 3. The highest BCUT2D eigenvalue weighted by Crippen LogP contribution is 2.44. The first-order chi connectivity index (χ1) is 14.1. The number of rotatable bonds is 9. The third-order valence-corrected chi connectivity index (χ3v) is 6.22. The fourth-order valence-electron chi connectivity index (χ4n) is 4.35. The number of fused-ring (bicyclic) bond motifs is 1. The van der Waals surface area contributed by atoms with Gasteiger partial charge in [0, 0.05) is 18.8 Å². The highest BCUT2D eigenvalue weighted by molar-refractivity contribution is 5.80. The van der Waals surface area contributed by atoms with Gasteiger partial charge in [-0.1, -0.05) is 39.0 Å². The Bertz CT molecular complexity index is 708. The normalized spacial score (nSPS) is 30.8. The number of carboxylic acid groups (broad SMARTS) is 1. The van der Waals surface area contributed by atoms with E-state index in [0.717, 1.165) is 5.57 Å². The number of ether oxygens (including phenoxy) is 1. The Labute approximate surface area is 177 Å². The van der Waals surface area contributed by atoms with Crippen LogP contribution < -0.4 is 0 Å². The molecular formula is C23H34O7. The number of carboxylic acids is 1. The van der Waals surface area contributed by atoms with Crippen LogP contribution in [0.4, 0.5) is 0 Å². The third-order valence-electron chi connectivity index (χ3n) is 6.22. The van der Waals surface area contributed by atoms with E-state index in [-0.39, 0.29) is 41.8 Å². The number of allylic oxidation sites excluding steroid dienone is 2. The summed E-state index contributed by atoms with van der Waals surface area (Å²) < 4.78 is 5.83. The van der Waals surface area contributed by atoms with Crippen molar-refractivity contribution in [2.45, 2.75) is 71.2 Å². The number of carbonyl (C=O) groups excluding carboxylic acids is 1. The van der Waals surface area contributed by atoms with E-state index in [1.807, 2.05) is 26.0 Å². The smallest absolute Gasteiger partial charge is 0.331 e. The van der Waals surface area contributed by atoms with E-state index in [0.29, 0.717) is 31.8 Å². The molecule has 1 unspecified atom stereocenters. The molecule has 0 aromatic heterocycles. The number of aliphatic hydroxyl groups excluding tert-OH is 3. The molecule has 0 radical (unpaired) electrons. The topological polar surface area (TPSA) is 124 Å². The Morgan fingerprint density at radius 1 is 1.33 bits per heavy atom. The molecule has 0 aliphatic heterocycles. The Balaban J connectivity index is 2.13. The maximum absolute atomic E-state index is 12.4. The molecule has 0 fully saturated rings. The Kier molecular flexibility index (Phi) is 8.67. The van der Waals surface area contributed by atoms with Gasteiger partial charge >= 0.3 is 11.9 Å². The maximum Gasteiger partial charge on any atom is 0.331 e. The van der Waals surface area contributed by atoms with Crippen LogP contribution in [0.1, 0.15) is 52.9 Å². The van der Waals surface area contributed by atoms with Gasteiger partial charge in [0.05, 0.1) is 24.2 Å². The van der Waals surface area contributed by atoms with E-state index in [2.05, 4.69) is 13.0 Å². The molecule has 2 aliphatic rings. The van der Waals surface area contributed by atoms with Crippen molar-refractivity contribution >= 4 is 11.9 Å². The average molecular weight is 423 g/mol. The lowest BCUT2D eigenvalue weighted by molar-refractivity contribution is -0.159. The van der Waals surface area contributed by atoms with E-state index < -0.39 is 24.3 Å². The fourth-order valence-corrected chi connectivity index (χ4v) is 4.35. The zero-order valence-electron chi connectivity index (χ0n) is 17.9. The molecule has 0 amide bonds. The highest BCUT2D eigenvalue weighted by Gasteiger charge is 2.42. The maximum atomic E-state index is 12.4. The van der Waals surface area contributed by atoms with Crippen LogP contribution in [0.3, 0.4) is 0 Å². The number of carbonyl (C=O) groups is 2. The Morgan fingerprint density at radius 2 is 2.03 bits per heavy atom. The minimum Gasteiger partial charge on any atom is -0.512 e. The van der Waals surface area contributed by atoms with Gasteiger partial charge in [0.1, 0.15) is 11.9 Å². The lowest BCUT2D eigenvalue weighted by atomic mass is 9.66. The average Bonchev–Trinajstić information content (AvgIpc) is 2.65. The van der Waals surface area contributed by atoms with Crippen LogP contribution in [0.5, 0.6) is 0 Å². The molecule has 0 aromatic rings. The van der Waals surface area contributed by atoms with Gasteiger partial charge in [-0.2, -0.15) is 0 Å². The fraction of sp³-hybridized carbons (Fsp3) is 0.652. The van der Waals surface area contributed by atoms with Crippen molar-refractivity contribution in [2.24, 2.45) is 23.7 Å². The van der Waals surface area contributed by atoms with Gasteiger partial charge in [0.2, 0.25) is 0 Å². The summed E-state index contributed by atoms with van der Waals surface area (Å²) in [5, 5.41) is 38.8. The summed E-state index contributed by atoms with van der Waals surface area (Å²) in [4.78, 5) is 23.0. The predicted molar refractivity (Wildman–Crippen MR) is 112 cm³/mol. The Morgan fingerprint density at radius 3 is 2.67 bits per heavy atom. The summed E-state index contributed by atoms with van der Waals surface area (Å²) in [5.74, 6) is -1.90. The molecule has 7 heteroatoms. The van der Waals surface area contributed by atoms with Crippen LogP contribution in [0, 0.1) is 23.7 Å². The van der Waals surface area contributed by atoms with Crippen LogP contribution in [-0.2, 0) is 14.3 Å². The lowest BCUT2D eigenvalue weighted by Crippen LogP contribution is -2.43. The summed E-state index contributed by atoms with van der Waals surface area (Å²) in [6, 6.07) is 0. The van der Waals surface area contributed by atoms with E-state index in [4.69, 9.17) is 9.84 Å². The minimum atomic E-state index is -1.26. The molecule has 4 N–H and O–H groups in total. The molecule has 30 heavy (non-hydrogen) atoms. The van der Waals surface area contributed by atoms with Crippen LogP contribution in [-0.4, -0.2) is 50.7 Å². The first kappa shape index (κ1) is 24.2. The molecule has 0 heterocycles. The van der Waals surface area contributed by atoms with E-state index in [1.54, 1.807) is 0 Å². The summed E-state index contributed by atoms with van der Waals surface area (Å²) >= 11 is 0. The molecule has 168 valence electrons. The largest absolute Gasteiger partial charge is 0.512 e. The summed E-state index contributed by atoms with van der Waals surface area (Å²) in [5.41, 5.74) is 0.946. The molecule has 2 rings (SSSR count). The molecule has 0 aromatic carbocycles. The molecular weight excluding hydrogens is 388 g/mol. The number of aliphatic carboxylic acids is 1. The van der Waals surface area contributed by atoms with Crippen molar-refractivity contribution < 1.29 is 34.8 Å². The lowest BCUT2D eigenvalue weighted by Gasteiger charge is -2.43. The first-order valence-corrected chi connectivity index (χ1v) is 10.7. The van der Waals surface area contributed by atoms with Gasteiger partial charge in [0.15, 0.2) is 0 Å². The predicted octanol–water partition coefficient (Wildman–Crippen LogP) is 3.13. The van der Waals surface area contributed by atoms with Gasteiger partial charge in [-0.15, -0.1) is 0 Å². The molecule has 0 saturated heterocycles. The molecule has 0 bridgehead atoms. The van der Waals surface area contributed by atoms with Crippen LogP contribution >= 0.6 is 0 Å². The van der Waals surface area contributed by atoms with Crippen molar-refractivity contribution in [3.05, 3.63) is 35.6 Å². The van der Waals surface area contributed by atoms with Crippen molar-refractivity contribution in [3.63, 3.8) is 0 Å². The second-order valence-corrected chi connectivity index (χ2v) is 8.57. The standard InChI is InChI=1S/C23H34O7/c1-4-13(2)23(29)30-20-11-17(25)9-15-6-5-14(3)19(22(15)20)8-7-16(24)10-18(26)12-21(27)28/h5-6,9,12-14,16-17,19-20,22,24-26H,4,7-8,10-11H2,1-3H3,(H,27,28)/t13?,14-,16+,17+,19-,20-,22-/m0/s1. The van der Waals surface area contributed by atoms with Crippen molar-refractivity contribution in [1.29, 1.82) is 0 Å². The monoisotopic (exact) mass is 422 g/mol. The van der Waals surface area contributed by atoms with Gasteiger partial charge < -0.3 is 25.2 Å². The second kappa shape index (κ2) is 10.8. The second-order valence-electron chi connectivity index (χ2n) is 8.57. The van der Waals surface area contributed by atoms with E-state index in [9.17, 15) is 24.9 Å². The van der Waals surface area contributed by atoms with Crippen molar-refractivity contribution in [3.8, 4) is 0 Å². The van der Waals surface area contributed by atoms with Crippen molar-refractivity contribution in [2.75, 3.05) is 0 Å². The van der Waals surface area contributed by atoms with Crippen LogP contribution in [0.25, 0.3) is 0 Å². The number of esters is 1. The zero-order valence-corrected chi connectivity index (χ0v) is 17.9.